The Labute approximate surface area is 155 Å². The molecule has 134 valence electrons. The quantitative estimate of drug-likeness (QED) is 0.363. The highest BCUT2D eigenvalue weighted by atomic mass is 19.1. The monoisotopic (exact) mass is 362 g/mol. The van der Waals surface area contributed by atoms with E-state index in [0.717, 1.165) is 23.4 Å². The lowest BCUT2D eigenvalue weighted by molar-refractivity contribution is 0.584. The fourth-order valence-electron chi connectivity index (χ4n) is 3.35. The van der Waals surface area contributed by atoms with Gasteiger partial charge < -0.3 is 0 Å². The molecule has 0 unspecified atom stereocenters. The first-order valence-electron chi connectivity index (χ1n) is 8.83. The summed E-state index contributed by atoms with van der Waals surface area (Å²) in [7, 11) is 0. The third kappa shape index (κ3) is 3.33. The van der Waals surface area contributed by atoms with E-state index in [0.29, 0.717) is 22.1 Å². The first kappa shape index (κ1) is 17.3. The van der Waals surface area contributed by atoms with Gasteiger partial charge in [0.15, 0.2) is 0 Å². The van der Waals surface area contributed by atoms with E-state index in [-0.39, 0.29) is 5.82 Å². The molecule has 0 saturated carbocycles. The molecule has 0 radical (unpaired) electrons. The third-order valence-corrected chi connectivity index (χ3v) is 4.82. The van der Waals surface area contributed by atoms with Crippen molar-refractivity contribution in [3.05, 3.63) is 95.8 Å². The molecule has 0 amide bonds. The first-order valence-corrected chi connectivity index (χ1v) is 8.83. The summed E-state index contributed by atoms with van der Waals surface area (Å²) in [6, 6.07) is 19.9. The van der Waals surface area contributed by atoms with Crippen LogP contribution >= 0.6 is 0 Å². The van der Waals surface area contributed by atoms with Crippen LogP contribution in [-0.4, -0.2) is 0 Å². The molecule has 4 rings (SSSR count). The Balaban J connectivity index is 1.74. The van der Waals surface area contributed by atoms with E-state index in [9.17, 15) is 8.78 Å². The highest BCUT2D eigenvalue weighted by Crippen LogP contribution is 2.31. The van der Waals surface area contributed by atoms with E-state index < -0.39 is 11.6 Å². The molecular weight excluding hydrogens is 345 g/mol. The summed E-state index contributed by atoms with van der Waals surface area (Å²) in [5.41, 5.74) is 3.51. The summed E-state index contributed by atoms with van der Waals surface area (Å²) in [6.45, 7) is 2.07. The van der Waals surface area contributed by atoms with E-state index in [1.54, 1.807) is 30.3 Å². The van der Waals surface area contributed by atoms with Crippen molar-refractivity contribution in [2.45, 2.75) is 13.3 Å². The van der Waals surface area contributed by atoms with Crippen molar-refractivity contribution >= 4 is 10.8 Å². The molecule has 3 heteroatoms. The van der Waals surface area contributed by atoms with Crippen LogP contribution in [0.25, 0.3) is 33.0 Å². The standard InChI is InChI=1S/C24H17F3/c1-2-15-3-9-23-18(11-15)8-10-22(24(23)27)17-6-4-16(5-7-17)19-12-20(25)14-21(26)13-19/h3-14H,2H2,1H3. The Morgan fingerprint density at radius 2 is 1.30 bits per heavy atom. The van der Waals surface area contributed by atoms with Crippen LogP contribution in [-0.2, 0) is 6.42 Å². The topological polar surface area (TPSA) is 0 Å². The van der Waals surface area contributed by atoms with E-state index in [4.69, 9.17) is 0 Å². The average molecular weight is 362 g/mol. The van der Waals surface area contributed by atoms with Crippen molar-refractivity contribution in [3.63, 3.8) is 0 Å². The second kappa shape index (κ2) is 6.92. The number of fused-ring (bicyclic) bond motifs is 1. The number of aryl methyl sites for hydroxylation is 1. The van der Waals surface area contributed by atoms with Crippen molar-refractivity contribution in [2.24, 2.45) is 0 Å². The van der Waals surface area contributed by atoms with E-state index in [1.807, 2.05) is 24.3 Å². The van der Waals surface area contributed by atoms with Gasteiger partial charge in [-0.15, -0.1) is 0 Å². The normalized spacial score (nSPS) is 11.1. The number of benzene rings is 4. The van der Waals surface area contributed by atoms with Crippen LogP contribution in [0.2, 0.25) is 0 Å². The molecule has 0 aliphatic rings. The Kier molecular flexibility index (Phi) is 4.44. The third-order valence-electron chi connectivity index (χ3n) is 4.82. The number of hydrogen-bond acceptors (Lipinski definition) is 0. The Bertz CT molecular complexity index is 1110. The van der Waals surface area contributed by atoms with Gasteiger partial charge in [0.1, 0.15) is 17.5 Å². The molecule has 0 fully saturated rings. The van der Waals surface area contributed by atoms with Gasteiger partial charge in [0.05, 0.1) is 0 Å². The predicted octanol–water partition coefficient (Wildman–Crippen LogP) is 7.15. The minimum Gasteiger partial charge on any atom is -0.207 e. The van der Waals surface area contributed by atoms with Crippen molar-refractivity contribution in [2.75, 3.05) is 0 Å². The summed E-state index contributed by atoms with van der Waals surface area (Å²) >= 11 is 0. The van der Waals surface area contributed by atoms with Gasteiger partial charge >= 0.3 is 0 Å². The van der Waals surface area contributed by atoms with Crippen LogP contribution in [0.5, 0.6) is 0 Å². The second-order valence-corrected chi connectivity index (χ2v) is 6.57. The molecule has 0 aliphatic carbocycles. The zero-order valence-corrected chi connectivity index (χ0v) is 14.8. The first-order chi connectivity index (χ1) is 13.0. The van der Waals surface area contributed by atoms with Crippen molar-refractivity contribution in [1.29, 1.82) is 0 Å². The number of hydrogen-bond donors (Lipinski definition) is 0. The van der Waals surface area contributed by atoms with Crippen LogP contribution in [0, 0.1) is 17.5 Å². The molecule has 0 nitrogen and oxygen atoms in total. The molecule has 4 aromatic rings. The Morgan fingerprint density at radius 3 is 1.96 bits per heavy atom. The number of halogens is 3. The minimum absolute atomic E-state index is 0.264. The lowest BCUT2D eigenvalue weighted by atomic mass is 9.96. The Morgan fingerprint density at radius 1 is 0.630 bits per heavy atom. The molecular formula is C24H17F3. The summed E-state index contributed by atoms with van der Waals surface area (Å²) < 4.78 is 41.9. The lowest BCUT2D eigenvalue weighted by Crippen LogP contribution is -1.89. The maximum absolute atomic E-state index is 15.0. The fourth-order valence-corrected chi connectivity index (χ4v) is 3.35. The van der Waals surface area contributed by atoms with Crippen molar-refractivity contribution in [1.82, 2.24) is 0 Å². The van der Waals surface area contributed by atoms with E-state index in [2.05, 4.69) is 6.92 Å². The highest BCUT2D eigenvalue weighted by Gasteiger charge is 2.10. The van der Waals surface area contributed by atoms with Crippen LogP contribution in [0.4, 0.5) is 13.2 Å². The lowest BCUT2D eigenvalue weighted by Gasteiger charge is -2.09. The molecule has 0 saturated heterocycles. The molecule has 27 heavy (non-hydrogen) atoms. The van der Waals surface area contributed by atoms with Gasteiger partial charge in [0.25, 0.3) is 0 Å². The smallest absolute Gasteiger partial charge is 0.138 e. The van der Waals surface area contributed by atoms with Crippen LogP contribution in [0.1, 0.15) is 12.5 Å². The average Bonchev–Trinajstić information content (AvgIpc) is 2.67. The highest BCUT2D eigenvalue weighted by molar-refractivity contribution is 5.89. The zero-order chi connectivity index (χ0) is 19.0. The van der Waals surface area contributed by atoms with Gasteiger partial charge in [-0.2, -0.15) is 0 Å². The minimum atomic E-state index is -0.624. The van der Waals surface area contributed by atoms with Gasteiger partial charge in [-0.1, -0.05) is 61.5 Å². The van der Waals surface area contributed by atoms with Gasteiger partial charge in [-0.05, 0) is 46.2 Å². The predicted molar refractivity (Wildman–Crippen MR) is 104 cm³/mol. The molecule has 0 spiro atoms. The SMILES string of the molecule is CCc1ccc2c(F)c(-c3ccc(-c4cc(F)cc(F)c4)cc3)ccc2c1. The maximum Gasteiger partial charge on any atom is 0.138 e. The molecule has 0 heterocycles. The maximum atomic E-state index is 15.0. The van der Waals surface area contributed by atoms with Gasteiger partial charge in [0, 0.05) is 17.0 Å². The zero-order valence-electron chi connectivity index (χ0n) is 14.8. The summed E-state index contributed by atoms with van der Waals surface area (Å²) in [4.78, 5) is 0. The van der Waals surface area contributed by atoms with E-state index in [1.165, 1.54) is 17.7 Å². The largest absolute Gasteiger partial charge is 0.207 e. The van der Waals surface area contributed by atoms with E-state index >= 15 is 4.39 Å². The summed E-state index contributed by atoms with van der Waals surface area (Å²) in [5, 5.41) is 1.46. The molecule has 0 N–H and O–H groups in total. The van der Waals surface area contributed by atoms with Crippen LogP contribution in [0.3, 0.4) is 0 Å². The van der Waals surface area contributed by atoms with Crippen molar-refractivity contribution in [3.8, 4) is 22.3 Å². The van der Waals surface area contributed by atoms with Crippen LogP contribution < -0.4 is 0 Å². The molecule has 0 aromatic heterocycles. The van der Waals surface area contributed by atoms with Crippen molar-refractivity contribution < 1.29 is 13.2 Å². The summed E-state index contributed by atoms with van der Waals surface area (Å²) in [6.07, 6.45) is 0.904. The van der Waals surface area contributed by atoms with Gasteiger partial charge in [-0.25, -0.2) is 13.2 Å². The molecule has 4 aromatic carbocycles. The number of rotatable bonds is 3. The second-order valence-electron chi connectivity index (χ2n) is 6.57. The fraction of sp³-hybridized carbons (Fsp3) is 0.0833. The Hall–Kier alpha value is -3.07. The molecule has 0 aliphatic heterocycles. The summed E-state index contributed by atoms with van der Waals surface area (Å²) in [5.74, 6) is -1.51. The van der Waals surface area contributed by atoms with Gasteiger partial charge in [-0.3, -0.25) is 0 Å². The van der Waals surface area contributed by atoms with Crippen LogP contribution in [0.15, 0.2) is 72.8 Å². The molecule has 0 bridgehead atoms. The molecule has 0 atom stereocenters. The van der Waals surface area contributed by atoms with Gasteiger partial charge in [0.2, 0.25) is 0 Å².